The quantitative estimate of drug-likeness (QED) is 0.430. The van der Waals surface area contributed by atoms with Gasteiger partial charge in [0.25, 0.3) is 0 Å². The summed E-state index contributed by atoms with van der Waals surface area (Å²) in [5.41, 5.74) is -0.0157. The van der Waals surface area contributed by atoms with E-state index in [1.165, 1.54) is 51.4 Å². The molecule has 0 aromatic carbocycles. The van der Waals surface area contributed by atoms with Crippen LogP contribution in [-0.2, 0) is 0 Å². The number of hydrogen-bond donors (Lipinski definition) is 0. The molecule has 0 N–H and O–H groups in total. The Balaban J connectivity index is 1.48. The van der Waals surface area contributed by atoms with E-state index >= 15 is 0 Å². The first kappa shape index (κ1) is 21.7. The first-order chi connectivity index (χ1) is 13.3. The van der Waals surface area contributed by atoms with Gasteiger partial charge in [0.15, 0.2) is 0 Å². The van der Waals surface area contributed by atoms with E-state index in [9.17, 15) is 8.78 Å². The van der Waals surface area contributed by atoms with Crippen LogP contribution >= 0.6 is 0 Å². The summed E-state index contributed by atoms with van der Waals surface area (Å²) < 4.78 is 25.7. The number of halogens is 2. The van der Waals surface area contributed by atoms with Crippen molar-refractivity contribution in [2.45, 2.75) is 104 Å². The van der Waals surface area contributed by atoms with Crippen molar-refractivity contribution in [2.24, 2.45) is 34.5 Å². The molecule has 3 aliphatic carbocycles. The fourth-order valence-corrected chi connectivity index (χ4v) is 5.65. The predicted octanol–water partition coefficient (Wildman–Crippen LogP) is 7.48. The van der Waals surface area contributed by atoms with Crippen molar-refractivity contribution in [3.05, 3.63) is 0 Å². The Morgan fingerprint density at radius 1 is 0.679 bits per heavy atom. The first-order valence-electron chi connectivity index (χ1n) is 11.6. The van der Waals surface area contributed by atoms with Gasteiger partial charge in [-0.15, -0.1) is 0 Å². The van der Waals surface area contributed by atoms with Gasteiger partial charge in [-0.25, -0.2) is 8.78 Å². The Labute approximate surface area is 171 Å². The lowest BCUT2D eigenvalue weighted by Gasteiger charge is -2.39. The molecule has 0 aliphatic heterocycles. The molecule has 0 aromatic heterocycles. The van der Waals surface area contributed by atoms with Crippen LogP contribution in [0.1, 0.15) is 97.8 Å². The average molecular weight is 389 g/mol. The topological polar surface area (TPSA) is 0 Å². The highest BCUT2D eigenvalue weighted by molar-refractivity contribution is 5.31. The van der Waals surface area contributed by atoms with Crippen molar-refractivity contribution < 1.29 is 8.78 Å². The van der Waals surface area contributed by atoms with E-state index in [2.05, 4.69) is 44.5 Å². The minimum atomic E-state index is -2.18. The largest absolute Gasteiger partial charge is 0.241 e. The molecule has 28 heavy (non-hydrogen) atoms. The van der Waals surface area contributed by atoms with Crippen molar-refractivity contribution in [3.8, 4) is 23.7 Å². The van der Waals surface area contributed by atoms with Crippen LogP contribution in [0.2, 0.25) is 0 Å². The first-order valence-corrected chi connectivity index (χ1v) is 11.6. The number of alkyl halides is 2. The van der Waals surface area contributed by atoms with Crippen LogP contribution in [-0.4, -0.2) is 6.43 Å². The summed E-state index contributed by atoms with van der Waals surface area (Å²) in [6.45, 7) is 6.81. The minimum Gasteiger partial charge on any atom is -0.210 e. The minimum absolute atomic E-state index is 0.112. The van der Waals surface area contributed by atoms with Gasteiger partial charge in [-0.3, -0.25) is 0 Å². The lowest BCUT2D eigenvalue weighted by molar-refractivity contribution is 0.0399. The molecule has 0 heterocycles. The summed E-state index contributed by atoms with van der Waals surface area (Å²) >= 11 is 0. The molecule has 0 spiro atoms. The average Bonchev–Trinajstić information content (AvgIpc) is 2.67. The molecule has 156 valence electrons. The van der Waals surface area contributed by atoms with E-state index in [1.54, 1.807) is 0 Å². The van der Waals surface area contributed by atoms with Crippen molar-refractivity contribution in [1.82, 2.24) is 0 Å². The summed E-state index contributed by atoms with van der Waals surface area (Å²) in [5.74, 6) is 15.4. The van der Waals surface area contributed by atoms with Gasteiger partial charge in [0.1, 0.15) is 0 Å². The van der Waals surface area contributed by atoms with Gasteiger partial charge in [0, 0.05) is 16.7 Å². The fraction of sp³-hybridized carbons (Fsp3) is 0.846. The third kappa shape index (κ3) is 5.75. The Hall–Kier alpha value is -1.02. The lowest BCUT2D eigenvalue weighted by atomic mass is 9.65. The van der Waals surface area contributed by atoms with Crippen LogP contribution in [0.5, 0.6) is 0 Å². The molecule has 0 amide bonds. The maximum atomic E-state index is 12.8. The smallest absolute Gasteiger partial charge is 0.210 e. The fourth-order valence-electron chi connectivity index (χ4n) is 5.65. The van der Waals surface area contributed by atoms with Gasteiger partial charge in [0.2, 0.25) is 6.43 Å². The molecule has 3 saturated carbocycles. The molecule has 0 saturated heterocycles. The molecule has 2 heteroatoms. The second kappa shape index (κ2) is 9.20. The van der Waals surface area contributed by atoms with Crippen molar-refractivity contribution in [1.29, 1.82) is 0 Å². The molecule has 0 atom stereocenters. The van der Waals surface area contributed by atoms with Gasteiger partial charge in [-0.2, -0.15) is 0 Å². The summed E-state index contributed by atoms with van der Waals surface area (Å²) in [4.78, 5) is 0. The molecule has 0 radical (unpaired) electrons. The third-order valence-electron chi connectivity index (χ3n) is 8.14. The molecule has 3 rings (SSSR count). The lowest BCUT2D eigenvalue weighted by Crippen LogP contribution is -2.29. The molecular formula is C26H38F2. The normalized spacial score (nSPS) is 41.5. The third-order valence-corrected chi connectivity index (χ3v) is 8.14. The zero-order chi connectivity index (χ0) is 20.2. The van der Waals surface area contributed by atoms with E-state index in [4.69, 9.17) is 0 Å². The zero-order valence-electron chi connectivity index (χ0n) is 18.1. The maximum absolute atomic E-state index is 12.8. The van der Waals surface area contributed by atoms with E-state index < -0.39 is 12.3 Å². The Bertz CT molecular complexity index is 617. The van der Waals surface area contributed by atoms with Crippen molar-refractivity contribution >= 4 is 0 Å². The van der Waals surface area contributed by atoms with E-state index in [1.807, 2.05) is 0 Å². The summed E-state index contributed by atoms with van der Waals surface area (Å²) in [6.07, 6.45) is 11.3. The van der Waals surface area contributed by atoms with E-state index in [-0.39, 0.29) is 10.8 Å². The molecule has 0 unspecified atom stereocenters. The molecule has 3 aliphatic rings. The van der Waals surface area contributed by atoms with E-state index in [0.29, 0.717) is 12.8 Å². The summed E-state index contributed by atoms with van der Waals surface area (Å²) in [6, 6.07) is 0. The van der Waals surface area contributed by atoms with Crippen molar-refractivity contribution in [2.75, 3.05) is 0 Å². The summed E-state index contributed by atoms with van der Waals surface area (Å²) in [5, 5.41) is 0. The highest BCUT2D eigenvalue weighted by Crippen LogP contribution is 2.45. The number of hydrogen-bond acceptors (Lipinski definition) is 0. The Morgan fingerprint density at radius 3 is 1.57 bits per heavy atom. The van der Waals surface area contributed by atoms with Crippen LogP contribution < -0.4 is 0 Å². The molecule has 3 fully saturated rings. The second-order valence-electron chi connectivity index (χ2n) is 10.7. The second-order valence-corrected chi connectivity index (χ2v) is 10.7. The van der Waals surface area contributed by atoms with Crippen LogP contribution in [0.25, 0.3) is 0 Å². The van der Waals surface area contributed by atoms with Gasteiger partial charge in [-0.1, -0.05) is 31.6 Å². The molecule has 0 nitrogen and oxygen atoms in total. The van der Waals surface area contributed by atoms with Gasteiger partial charge >= 0.3 is 0 Å². The Morgan fingerprint density at radius 2 is 1.11 bits per heavy atom. The monoisotopic (exact) mass is 388 g/mol. The number of rotatable bonds is 2. The standard InChI is InChI=1S/C26H38F2/c1-20-6-8-21(9-7-20)22-10-16-25(2,17-11-22)14-4-5-15-26(3)18-12-23(13-19-26)24(27)28/h20-24H,6-13,16-19H2,1-3H3. The van der Waals surface area contributed by atoms with Crippen LogP contribution in [0, 0.1) is 58.2 Å². The van der Waals surface area contributed by atoms with E-state index in [0.717, 1.165) is 30.6 Å². The highest BCUT2D eigenvalue weighted by atomic mass is 19.3. The van der Waals surface area contributed by atoms with Gasteiger partial charge < -0.3 is 0 Å². The van der Waals surface area contributed by atoms with Crippen molar-refractivity contribution in [3.63, 3.8) is 0 Å². The van der Waals surface area contributed by atoms with Crippen LogP contribution in [0.15, 0.2) is 0 Å². The van der Waals surface area contributed by atoms with Gasteiger partial charge in [0.05, 0.1) is 0 Å². The summed E-state index contributed by atoms with van der Waals surface area (Å²) in [7, 11) is 0. The predicted molar refractivity (Wildman–Crippen MR) is 113 cm³/mol. The molecule has 0 aromatic rings. The zero-order valence-corrected chi connectivity index (χ0v) is 18.1. The highest BCUT2D eigenvalue weighted by Gasteiger charge is 2.35. The maximum Gasteiger partial charge on any atom is 0.241 e. The van der Waals surface area contributed by atoms with Crippen LogP contribution in [0.3, 0.4) is 0 Å². The molecule has 0 bridgehead atoms. The Kier molecular flexibility index (Phi) is 7.12. The molecular weight excluding hydrogens is 350 g/mol. The SMILES string of the molecule is CC1CCC(C2CCC(C)(C#CC#CC3(C)CCC(C(F)F)CC3)CC2)CC1. The van der Waals surface area contributed by atoms with Gasteiger partial charge in [-0.05, 0) is 108 Å². The van der Waals surface area contributed by atoms with Crippen LogP contribution in [0.4, 0.5) is 8.78 Å².